The van der Waals surface area contributed by atoms with Crippen LogP contribution in [0.3, 0.4) is 0 Å². The summed E-state index contributed by atoms with van der Waals surface area (Å²) in [6, 6.07) is 27.5. The van der Waals surface area contributed by atoms with Crippen LogP contribution in [-0.2, 0) is 10.8 Å². The molecule has 0 spiro atoms. The minimum absolute atomic E-state index is 0.0351. The topological polar surface area (TPSA) is 0 Å². The van der Waals surface area contributed by atoms with Crippen molar-refractivity contribution in [1.82, 2.24) is 0 Å². The van der Waals surface area contributed by atoms with E-state index in [1.165, 1.54) is 43.8 Å². The summed E-state index contributed by atoms with van der Waals surface area (Å²) in [7, 11) is 0. The lowest BCUT2D eigenvalue weighted by Crippen LogP contribution is -2.39. The van der Waals surface area contributed by atoms with Crippen molar-refractivity contribution >= 4 is 21.5 Å². The van der Waals surface area contributed by atoms with Gasteiger partial charge in [-0.3, -0.25) is 0 Å². The Balaban J connectivity index is 1.94. The largest absolute Gasteiger partial charge is 0.0642 e. The Kier molecular flexibility index (Phi) is 3.72. The molecule has 1 aliphatic carbocycles. The highest BCUT2D eigenvalue weighted by molar-refractivity contribution is 5.89. The van der Waals surface area contributed by atoms with Crippen molar-refractivity contribution in [3.8, 4) is 0 Å². The molecule has 0 saturated carbocycles. The van der Waals surface area contributed by atoms with E-state index in [9.17, 15) is 0 Å². The minimum Gasteiger partial charge on any atom is -0.0642 e. The first kappa shape index (κ1) is 17.5. The van der Waals surface area contributed by atoms with Crippen molar-refractivity contribution in [2.45, 2.75) is 51.4 Å². The number of rotatable bonds is 2. The lowest BCUT2D eigenvalue weighted by atomic mass is 9.56. The van der Waals surface area contributed by atoms with Crippen molar-refractivity contribution in [3.63, 3.8) is 0 Å². The van der Waals surface area contributed by atoms with Crippen molar-refractivity contribution in [2.24, 2.45) is 0 Å². The van der Waals surface area contributed by atoms with Crippen LogP contribution < -0.4 is 0 Å². The van der Waals surface area contributed by atoms with Gasteiger partial charge >= 0.3 is 0 Å². The third-order valence-electron chi connectivity index (χ3n) is 7.56. The van der Waals surface area contributed by atoms with Gasteiger partial charge in [-0.1, -0.05) is 76.2 Å². The average Bonchev–Trinajstić information content (AvgIpc) is 2.75. The molecule has 0 aliphatic heterocycles. The second-order valence-corrected chi connectivity index (χ2v) is 8.86. The van der Waals surface area contributed by atoms with Crippen LogP contribution in [0.15, 0.2) is 72.8 Å². The predicted molar refractivity (Wildman–Crippen MR) is 121 cm³/mol. The molecular weight excluding hydrogens is 336 g/mol. The van der Waals surface area contributed by atoms with Crippen LogP contribution >= 0.6 is 0 Å². The Labute approximate surface area is 168 Å². The van der Waals surface area contributed by atoms with E-state index >= 15 is 0 Å². The number of benzene rings is 4. The van der Waals surface area contributed by atoms with E-state index < -0.39 is 0 Å². The van der Waals surface area contributed by atoms with Gasteiger partial charge in [0.05, 0.1) is 0 Å². The van der Waals surface area contributed by atoms with E-state index in [2.05, 4.69) is 100 Å². The summed E-state index contributed by atoms with van der Waals surface area (Å²) in [5.41, 5.74) is 6.13. The standard InChI is InChI=1S/C28H28/c1-5-27(3)23-15-19-11-7-9-13-21(19)17-25(23)28(4,6-2)26-18-22-14-10-8-12-20(22)16-24(26)27/h7-18H,5-6H2,1-4H3. The number of fused-ring (bicyclic) bond motifs is 4. The molecule has 0 heteroatoms. The average molecular weight is 365 g/mol. The maximum Gasteiger partial charge on any atom is 0.0178 e. The molecular formula is C28H28. The molecule has 140 valence electrons. The molecule has 0 fully saturated rings. The van der Waals surface area contributed by atoms with Crippen molar-refractivity contribution in [1.29, 1.82) is 0 Å². The van der Waals surface area contributed by atoms with E-state index in [0.29, 0.717) is 0 Å². The highest BCUT2D eigenvalue weighted by Gasteiger charge is 2.44. The summed E-state index contributed by atoms with van der Waals surface area (Å²) in [6.07, 6.45) is 2.20. The van der Waals surface area contributed by atoms with Gasteiger partial charge in [0.15, 0.2) is 0 Å². The smallest absolute Gasteiger partial charge is 0.0178 e. The first-order valence-corrected chi connectivity index (χ1v) is 10.6. The number of hydrogen-bond donors (Lipinski definition) is 0. The third kappa shape index (κ3) is 2.18. The summed E-state index contributed by atoms with van der Waals surface area (Å²) in [5, 5.41) is 5.40. The zero-order valence-electron chi connectivity index (χ0n) is 17.3. The van der Waals surface area contributed by atoms with Crippen molar-refractivity contribution in [3.05, 3.63) is 95.1 Å². The molecule has 1 aliphatic rings. The molecule has 0 aromatic heterocycles. The molecule has 4 aromatic carbocycles. The van der Waals surface area contributed by atoms with Crippen LogP contribution in [0.5, 0.6) is 0 Å². The van der Waals surface area contributed by atoms with Crippen LogP contribution in [0.4, 0.5) is 0 Å². The molecule has 4 aromatic rings. The molecule has 0 unspecified atom stereocenters. The Morgan fingerprint density at radius 1 is 0.500 bits per heavy atom. The third-order valence-corrected chi connectivity index (χ3v) is 7.56. The normalized spacial score (nSPS) is 23.6. The summed E-state index contributed by atoms with van der Waals surface area (Å²) in [6.45, 7) is 9.58. The van der Waals surface area contributed by atoms with Crippen LogP contribution in [0.1, 0.15) is 62.8 Å². The molecule has 0 saturated heterocycles. The zero-order chi connectivity index (χ0) is 19.5. The quantitative estimate of drug-likeness (QED) is 0.341. The second-order valence-electron chi connectivity index (χ2n) is 8.86. The highest BCUT2D eigenvalue weighted by atomic mass is 14.5. The van der Waals surface area contributed by atoms with Gasteiger partial charge in [-0.15, -0.1) is 0 Å². The molecule has 0 atom stereocenters. The molecule has 0 radical (unpaired) electrons. The van der Waals surface area contributed by atoms with Crippen LogP contribution in [0.25, 0.3) is 21.5 Å². The summed E-state index contributed by atoms with van der Waals surface area (Å²) >= 11 is 0. The lowest BCUT2D eigenvalue weighted by molar-refractivity contribution is 0.450. The van der Waals surface area contributed by atoms with Gasteiger partial charge in [0.25, 0.3) is 0 Å². The Hall–Kier alpha value is -2.60. The van der Waals surface area contributed by atoms with Gasteiger partial charge in [0.1, 0.15) is 0 Å². The molecule has 0 heterocycles. The maximum atomic E-state index is 2.47. The minimum atomic E-state index is 0.0351. The van der Waals surface area contributed by atoms with Crippen LogP contribution in [0, 0.1) is 0 Å². The van der Waals surface area contributed by atoms with Gasteiger partial charge in [-0.05, 0) is 80.9 Å². The van der Waals surface area contributed by atoms with E-state index in [-0.39, 0.29) is 10.8 Å². The molecule has 0 amide bonds. The van der Waals surface area contributed by atoms with Gasteiger partial charge in [0.2, 0.25) is 0 Å². The molecule has 0 N–H and O–H groups in total. The fraction of sp³-hybridized carbons (Fsp3) is 0.286. The van der Waals surface area contributed by atoms with E-state index in [4.69, 9.17) is 0 Å². The molecule has 28 heavy (non-hydrogen) atoms. The monoisotopic (exact) mass is 364 g/mol. The summed E-state index contributed by atoms with van der Waals surface area (Å²) in [5.74, 6) is 0. The molecule has 0 nitrogen and oxygen atoms in total. The Bertz CT molecular complexity index is 1030. The second kappa shape index (κ2) is 5.95. The predicted octanol–water partition coefficient (Wildman–Crippen LogP) is 7.74. The van der Waals surface area contributed by atoms with Crippen LogP contribution in [-0.4, -0.2) is 0 Å². The fourth-order valence-corrected chi connectivity index (χ4v) is 5.36. The Morgan fingerprint density at radius 3 is 0.964 bits per heavy atom. The SMILES string of the molecule is CCC1(C)c2cc3ccccc3cc2C(C)(CC)c2cc3ccccc3cc21. The van der Waals surface area contributed by atoms with E-state index in [1.807, 2.05) is 0 Å². The van der Waals surface area contributed by atoms with Crippen molar-refractivity contribution < 1.29 is 0 Å². The zero-order valence-corrected chi connectivity index (χ0v) is 17.3. The van der Waals surface area contributed by atoms with E-state index in [1.54, 1.807) is 0 Å². The van der Waals surface area contributed by atoms with Gasteiger partial charge < -0.3 is 0 Å². The lowest BCUT2D eigenvalue weighted by Gasteiger charge is -2.47. The summed E-state index contributed by atoms with van der Waals surface area (Å²) in [4.78, 5) is 0. The van der Waals surface area contributed by atoms with Gasteiger partial charge in [0, 0.05) is 10.8 Å². The first-order valence-electron chi connectivity index (χ1n) is 10.6. The first-order chi connectivity index (χ1) is 13.5. The van der Waals surface area contributed by atoms with E-state index in [0.717, 1.165) is 12.8 Å². The summed E-state index contributed by atoms with van der Waals surface area (Å²) < 4.78 is 0. The Morgan fingerprint density at radius 2 is 0.750 bits per heavy atom. The fourth-order valence-electron chi connectivity index (χ4n) is 5.36. The molecule has 5 rings (SSSR count). The van der Waals surface area contributed by atoms with Crippen molar-refractivity contribution in [2.75, 3.05) is 0 Å². The maximum absolute atomic E-state index is 2.47. The van der Waals surface area contributed by atoms with Crippen LogP contribution in [0.2, 0.25) is 0 Å². The van der Waals surface area contributed by atoms with Gasteiger partial charge in [-0.2, -0.15) is 0 Å². The van der Waals surface area contributed by atoms with Gasteiger partial charge in [-0.25, -0.2) is 0 Å². The molecule has 0 bridgehead atoms. The highest BCUT2D eigenvalue weighted by Crippen LogP contribution is 2.54. The number of hydrogen-bond acceptors (Lipinski definition) is 0.